The molecule has 3 heteroatoms. The Balaban J connectivity index is 4.22. The van der Waals surface area contributed by atoms with Gasteiger partial charge >= 0.3 is 5.97 Å². The van der Waals surface area contributed by atoms with Crippen LogP contribution in [0.5, 0.6) is 0 Å². The topological polar surface area (TPSA) is 52.3 Å². The molecule has 2 N–H and O–H groups in total. The van der Waals surface area contributed by atoms with Gasteiger partial charge in [0.05, 0.1) is 0 Å². The molecule has 0 amide bonds. The van der Waals surface area contributed by atoms with Gasteiger partial charge in [0.25, 0.3) is 0 Å². The van der Waals surface area contributed by atoms with E-state index in [1.165, 1.54) is 38.2 Å². The molecule has 0 fully saturated rings. The molecule has 0 saturated heterocycles. The molecule has 0 aromatic heterocycles. The van der Waals surface area contributed by atoms with Gasteiger partial charge in [0.1, 0.15) is 6.10 Å². The standard InChI is InChI=1S/C17H33NO2/c1-6-8-9-10-11-12-13-15(17(4,5)18)14(3)20-16(19)7-2/h7,14-15H,2,6,8-13,18H2,1,3-5H3. The van der Waals surface area contributed by atoms with Crippen molar-refractivity contribution in [2.75, 3.05) is 0 Å². The Hall–Kier alpha value is -0.830. The number of esters is 1. The van der Waals surface area contributed by atoms with E-state index in [0.717, 1.165) is 12.8 Å². The van der Waals surface area contributed by atoms with E-state index in [0.29, 0.717) is 0 Å². The van der Waals surface area contributed by atoms with E-state index in [1.54, 1.807) is 0 Å². The van der Waals surface area contributed by atoms with Crippen LogP contribution < -0.4 is 5.73 Å². The summed E-state index contributed by atoms with van der Waals surface area (Å²) < 4.78 is 5.35. The SMILES string of the molecule is C=CC(=O)OC(C)C(CCCCCCCC)C(C)(C)N. The fourth-order valence-electron chi connectivity index (χ4n) is 2.67. The highest BCUT2D eigenvalue weighted by Crippen LogP contribution is 2.26. The number of carbonyl (C=O) groups excluding carboxylic acids is 1. The lowest BCUT2D eigenvalue weighted by Crippen LogP contribution is -2.47. The second kappa shape index (κ2) is 9.98. The average molecular weight is 283 g/mol. The molecule has 0 aromatic carbocycles. The van der Waals surface area contributed by atoms with Gasteiger partial charge in [0.2, 0.25) is 0 Å². The molecule has 0 radical (unpaired) electrons. The van der Waals surface area contributed by atoms with Gasteiger partial charge in [0.15, 0.2) is 0 Å². The van der Waals surface area contributed by atoms with Crippen LogP contribution in [0.15, 0.2) is 12.7 Å². The van der Waals surface area contributed by atoms with Gasteiger partial charge in [-0.3, -0.25) is 0 Å². The minimum Gasteiger partial charge on any atom is -0.459 e. The lowest BCUT2D eigenvalue weighted by atomic mass is 9.80. The van der Waals surface area contributed by atoms with Gasteiger partial charge in [0, 0.05) is 17.5 Å². The smallest absolute Gasteiger partial charge is 0.330 e. The van der Waals surface area contributed by atoms with E-state index in [1.807, 2.05) is 20.8 Å². The van der Waals surface area contributed by atoms with Crippen LogP contribution in [0.4, 0.5) is 0 Å². The van der Waals surface area contributed by atoms with Crippen molar-refractivity contribution in [2.24, 2.45) is 11.7 Å². The van der Waals surface area contributed by atoms with Crippen molar-refractivity contribution in [1.82, 2.24) is 0 Å². The van der Waals surface area contributed by atoms with Crippen LogP contribution in [0.1, 0.15) is 72.6 Å². The molecule has 0 aliphatic rings. The molecule has 0 heterocycles. The molecule has 0 aliphatic heterocycles. The van der Waals surface area contributed by atoms with Crippen molar-refractivity contribution in [3.8, 4) is 0 Å². The van der Waals surface area contributed by atoms with Crippen molar-refractivity contribution in [3.05, 3.63) is 12.7 Å². The molecule has 0 aromatic rings. The highest BCUT2D eigenvalue weighted by molar-refractivity contribution is 5.81. The van der Waals surface area contributed by atoms with Gasteiger partial charge in [-0.1, -0.05) is 52.0 Å². The first-order valence-electron chi connectivity index (χ1n) is 7.94. The number of unbranched alkanes of at least 4 members (excludes halogenated alkanes) is 5. The second-order valence-electron chi connectivity index (χ2n) is 6.33. The lowest BCUT2D eigenvalue weighted by molar-refractivity contribution is -0.145. The summed E-state index contributed by atoms with van der Waals surface area (Å²) in [5, 5.41) is 0. The summed E-state index contributed by atoms with van der Waals surface area (Å²) >= 11 is 0. The monoisotopic (exact) mass is 283 g/mol. The number of hydrogen-bond acceptors (Lipinski definition) is 3. The van der Waals surface area contributed by atoms with Crippen molar-refractivity contribution in [1.29, 1.82) is 0 Å². The quantitative estimate of drug-likeness (QED) is 0.351. The summed E-state index contributed by atoms with van der Waals surface area (Å²) in [5.41, 5.74) is 5.90. The third-order valence-electron chi connectivity index (χ3n) is 3.86. The van der Waals surface area contributed by atoms with Gasteiger partial charge < -0.3 is 10.5 Å². The first kappa shape index (κ1) is 19.2. The van der Waals surface area contributed by atoms with Crippen LogP contribution in [0.3, 0.4) is 0 Å². The summed E-state index contributed by atoms with van der Waals surface area (Å²) in [6.07, 6.45) is 9.60. The maximum absolute atomic E-state index is 11.3. The highest BCUT2D eigenvalue weighted by Gasteiger charge is 2.31. The van der Waals surface area contributed by atoms with Crippen molar-refractivity contribution in [3.63, 3.8) is 0 Å². The van der Waals surface area contributed by atoms with Gasteiger partial charge in [-0.15, -0.1) is 0 Å². The van der Waals surface area contributed by atoms with E-state index in [9.17, 15) is 4.79 Å². The van der Waals surface area contributed by atoms with Crippen LogP contribution in [0.2, 0.25) is 0 Å². The minimum atomic E-state index is -0.366. The maximum Gasteiger partial charge on any atom is 0.330 e. The number of rotatable bonds is 11. The van der Waals surface area contributed by atoms with Gasteiger partial charge in [-0.05, 0) is 27.2 Å². The molecular formula is C17H33NO2. The van der Waals surface area contributed by atoms with E-state index in [2.05, 4.69) is 13.5 Å². The predicted octanol–water partition coefficient (Wildman–Crippen LogP) is 4.21. The van der Waals surface area contributed by atoms with Crippen LogP contribution in [-0.2, 0) is 9.53 Å². The van der Waals surface area contributed by atoms with Crippen LogP contribution in [-0.4, -0.2) is 17.6 Å². The van der Waals surface area contributed by atoms with E-state index < -0.39 is 0 Å². The zero-order valence-corrected chi connectivity index (χ0v) is 13.8. The highest BCUT2D eigenvalue weighted by atomic mass is 16.5. The summed E-state index contributed by atoms with van der Waals surface area (Å²) in [6.45, 7) is 11.6. The molecular weight excluding hydrogens is 250 g/mol. The van der Waals surface area contributed by atoms with Crippen molar-refractivity contribution < 1.29 is 9.53 Å². The van der Waals surface area contributed by atoms with Crippen molar-refractivity contribution >= 4 is 5.97 Å². The largest absolute Gasteiger partial charge is 0.459 e. The van der Waals surface area contributed by atoms with E-state index in [-0.39, 0.29) is 23.5 Å². The van der Waals surface area contributed by atoms with E-state index >= 15 is 0 Å². The molecule has 20 heavy (non-hydrogen) atoms. The molecule has 118 valence electrons. The number of hydrogen-bond donors (Lipinski definition) is 1. The molecule has 0 saturated carbocycles. The second-order valence-corrected chi connectivity index (χ2v) is 6.33. The maximum atomic E-state index is 11.3. The average Bonchev–Trinajstić information content (AvgIpc) is 2.35. The first-order valence-corrected chi connectivity index (χ1v) is 7.94. The molecule has 0 spiro atoms. The van der Waals surface area contributed by atoms with Crippen molar-refractivity contribution in [2.45, 2.75) is 84.3 Å². The fraction of sp³-hybridized carbons (Fsp3) is 0.824. The molecule has 0 bridgehead atoms. The molecule has 0 aliphatic carbocycles. The third-order valence-corrected chi connectivity index (χ3v) is 3.86. The molecule has 2 unspecified atom stereocenters. The zero-order valence-electron chi connectivity index (χ0n) is 13.8. The fourth-order valence-corrected chi connectivity index (χ4v) is 2.67. The Morgan fingerprint density at radius 2 is 1.80 bits per heavy atom. The van der Waals surface area contributed by atoms with Gasteiger partial charge in [-0.25, -0.2) is 4.79 Å². The molecule has 3 nitrogen and oxygen atoms in total. The number of carbonyl (C=O) groups is 1. The Morgan fingerprint density at radius 3 is 2.30 bits per heavy atom. The summed E-state index contributed by atoms with van der Waals surface area (Å²) in [4.78, 5) is 11.3. The molecule has 2 atom stereocenters. The minimum absolute atomic E-state index is 0.170. The zero-order chi connectivity index (χ0) is 15.6. The first-order chi connectivity index (χ1) is 9.32. The summed E-state index contributed by atoms with van der Waals surface area (Å²) in [5.74, 6) is -0.188. The van der Waals surface area contributed by atoms with Crippen LogP contribution in [0.25, 0.3) is 0 Å². The number of ether oxygens (including phenoxy) is 1. The van der Waals surface area contributed by atoms with Crippen LogP contribution in [0, 0.1) is 5.92 Å². The normalized spacial score (nSPS) is 14.7. The summed E-state index contributed by atoms with van der Waals surface area (Å²) in [6, 6.07) is 0. The number of nitrogens with two attached hydrogens (primary N) is 1. The molecule has 0 rings (SSSR count). The third kappa shape index (κ3) is 8.36. The van der Waals surface area contributed by atoms with E-state index in [4.69, 9.17) is 10.5 Å². The Kier molecular flexibility index (Phi) is 9.56. The summed E-state index contributed by atoms with van der Waals surface area (Å²) in [7, 11) is 0. The Bertz CT molecular complexity index is 281. The van der Waals surface area contributed by atoms with Gasteiger partial charge in [-0.2, -0.15) is 0 Å². The Labute approximate surface area is 125 Å². The Morgan fingerprint density at radius 1 is 1.25 bits per heavy atom. The predicted molar refractivity (Wildman–Crippen MR) is 85.5 cm³/mol. The lowest BCUT2D eigenvalue weighted by Gasteiger charge is -2.34. The van der Waals surface area contributed by atoms with Crippen LogP contribution >= 0.6 is 0 Å².